The number of hydrogen-bond acceptors (Lipinski definition) is 6. The molecule has 9 nitrogen and oxygen atoms in total. The zero-order chi connectivity index (χ0) is 24.1. The van der Waals surface area contributed by atoms with Crippen LogP contribution in [0.15, 0.2) is 36.5 Å². The van der Waals surface area contributed by atoms with Gasteiger partial charge in [0.15, 0.2) is 0 Å². The molecule has 176 valence electrons. The van der Waals surface area contributed by atoms with Gasteiger partial charge in [0, 0.05) is 31.1 Å². The molecule has 1 aliphatic heterocycles. The Bertz CT molecular complexity index is 1240. The first-order chi connectivity index (χ1) is 16.5. The molecule has 4 rings (SSSR count). The van der Waals surface area contributed by atoms with Crippen LogP contribution in [0.3, 0.4) is 0 Å². The third-order valence-corrected chi connectivity index (χ3v) is 6.96. The Kier molecular flexibility index (Phi) is 7.13. The Hall–Kier alpha value is -3.84. The van der Waals surface area contributed by atoms with Crippen LogP contribution in [-0.4, -0.2) is 40.3 Å². The van der Waals surface area contributed by atoms with E-state index in [0.717, 1.165) is 27.4 Å². The summed E-state index contributed by atoms with van der Waals surface area (Å²) < 4.78 is 6.95. The summed E-state index contributed by atoms with van der Waals surface area (Å²) >= 11 is 1.37. The fourth-order valence-corrected chi connectivity index (χ4v) is 5.14. The minimum Gasteiger partial charge on any atom is -0.497 e. The number of amides is 3. The fourth-order valence-electron chi connectivity index (χ4n) is 3.91. The zero-order valence-electron chi connectivity index (χ0n) is 19.1. The second-order valence-electron chi connectivity index (χ2n) is 8.00. The summed E-state index contributed by atoms with van der Waals surface area (Å²) in [6.45, 7) is 1.31. The van der Waals surface area contributed by atoms with Gasteiger partial charge in [-0.15, -0.1) is 11.3 Å². The number of aryl methyl sites for hydroxylation is 2. The molecule has 0 unspecified atom stereocenters. The highest BCUT2D eigenvalue weighted by atomic mass is 32.1. The van der Waals surface area contributed by atoms with Crippen molar-refractivity contribution in [2.45, 2.75) is 32.4 Å². The van der Waals surface area contributed by atoms with Crippen LogP contribution in [-0.2, 0) is 37.8 Å². The number of anilines is 1. The molecular weight excluding hydrogens is 452 g/mol. The van der Waals surface area contributed by atoms with Gasteiger partial charge in [0.2, 0.25) is 5.91 Å². The Morgan fingerprint density at radius 3 is 2.91 bits per heavy atom. The number of fused-ring (bicyclic) bond motifs is 1. The molecule has 3 heterocycles. The lowest BCUT2D eigenvalue weighted by Crippen LogP contribution is -2.42. The van der Waals surface area contributed by atoms with Crippen molar-refractivity contribution in [3.63, 3.8) is 0 Å². The predicted octanol–water partition coefficient (Wildman–Crippen LogP) is 3.20. The molecule has 0 spiro atoms. The minimum atomic E-state index is -0.164. The van der Waals surface area contributed by atoms with Crippen molar-refractivity contribution in [3.8, 4) is 11.8 Å². The zero-order valence-corrected chi connectivity index (χ0v) is 19.9. The maximum atomic E-state index is 12.7. The molecule has 10 heteroatoms. The van der Waals surface area contributed by atoms with E-state index in [1.54, 1.807) is 22.9 Å². The molecule has 2 N–H and O–H groups in total. The van der Waals surface area contributed by atoms with Gasteiger partial charge in [-0.1, -0.05) is 12.1 Å². The Morgan fingerprint density at radius 1 is 1.32 bits per heavy atom. The number of thiophene rings is 1. The van der Waals surface area contributed by atoms with Gasteiger partial charge in [0.25, 0.3) is 0 Å². The largest absolute Gasteiger partial charge is 0.497 e. The first kappa shape index (κ1) is 23.3. The molecule has 1 aromatic carbocycles. The molecule has 0 fully saturated rings. The molecular formula is C24H26N6O3S. The second kappa shape index (κ2) is 10.4. The fraction of sp³-hybridized carbons (Fsp3) is 0.333. The van der Waals surface area contributed by atoms with E-state index < -0.39 is 0 Å². The van der Waals surface area contributed by atoms with Gasteiger partial charge in [-0.2, -0.15) is 10.4 Å². The molecule has 0 atom stereocenters. The molecule has 34 heavy (non-hydrogen) atoms. The quantitative estimate of drug-likeness (QED) is 0.542. The van der Waals surface area contributed by atoms with E-state index in [0.29, 0.717) is 49.5 Å². The lowest BCUT2D eigenvalue weighted by molar-refractivity contribution is -0.116. The maximum absolute atomic E-state index is 12.7. The van der Waals surface area contributed by atoms with Crippen LogP contribution in [0.1, 0.15) is 33.7 Å². The molecule has 0 saturated carbocycles. The van der Waals surface area contributed by atoms with Gasteiger partial charge in [-0.05, 0) is 42.2 Å². The van der Waals surface area contributed by atoms with Crippen LogP contribution in [0.5, 0.6) is 5.75 Å². The summed E-state index contributed by atoms with van der Waals surface area (Å²) in [5.74, 6) is 0.605. The number of carbonyl (C=O) groups excluding carboxylic acids is 2. The van der Waals surface area contributed by atoms with Gasteiger partial charge in [0.05, 0.1) is 31.5 Å². The highest BCUT2D eigenvalue weighted by molar-refractivity contribution is 7.16. The van der Waals surface area contributed by atoms with E-state index in [-0.39, 0.29) is 11.9 Å². The van der Waals surface area contributed by atoms with Gasteiger partial charge in [-0.25, -0.2) is 4.79 Å². The third-order valence-electron chi connectivity index (χ3n) is 5.83. The normalized spacial score (nSPS) is 12.6. The highest BCUT2D eigenvalue weighted by Gasteiger charge is 2.27. The topological polar surface area (TPSA) is 112 Å². The molecule has 1 aliphatic rings. The number of ether oxygens (including phenoxy) is 1. The van der Waals surface area contributed by atoms with E-state index in [9.17, 15) is 14.9 Å². The van der Waals surface area contributed by atoms with E-state index >= 15 is 0 Å². The first-order valence-corrected chi connectivity index (χ1v) is 11.8. The number of benzene rings is 1. The molecule has 2 aromatic heterocycles. The van der Waals surface area contributed by atoms with Crippen LogP contribution in [0, 0.1) is 11.3 Å². The minimum absolute atomic E-state index is 0.149. The predicted molar refractivity (Wildman–Crippen MR) is 129 cm³/mol. The lowest BCUT2D eigenvalue weighted by atomic mass is 10.0. The monoisotopic (exact) mass is 478 g/mol. The number of hydrogen-bond donors (Lipinski definition) is 2. The van der Waals surface area contributed by atoms with E-state index in [1.165, 1.54) is 11.3 Å². The average Bonchev–Trinajstić information content (AvgIpc) is 3.42. The van der Waals surface area contributed by atoms with Crippen molar-refractivity contribution in [1.82, 2.24) is 20.0 Å². The molecule has 0 aliphatic carbocycles. The van der Waals surface area contributed by atoms with Crippen molar-refractivity contribution < 1.29 is 14.3 Å². The molecule has 0 bridgehead atoms. The number of methoxy groups -OCH3 is 1. The number of aromatic nitrogens is 2. The highest BCUT2D eigenvalue weighted by Crippen LogP contribution is 2.36. The third kappa shape index (κ3) is 5.21. The van der Waals surface area contributed by atoms with Gasteiger partial charge < -0.3 is 20.3 Å². The van der Waals surface area contributed by atoms with Crippen molar-refractivity contribution in [1.29, 1.82) is 5.26 Å². The number of nitriles is 1. The average molecular weight is 479 g/mol. The second-order valence-corrected chi connectivity index (χ2v) is 9.10. The van der Waals surface area contributed by atoms with E-state index in [1.807, 2.05) is 37.4 Å². The summed E-state index contributed by atoms with van der Waals surface area (Å²) in [6.07, 6.45) is 3.13. The van der Waals surface area contributed by atoms with Gasteiger partial charge in [0.1, 0.15) is 16.8 Å². The maximum Gasteiger partial charge on any atom is 0.318 e. The number of urea groups is 1. The van der Waals surface area contributed by atoms with Crippen molar-refractivity contribution >= 4 is 28.3 Å². The number of nitrogens with one attached hydrogen (secondary N) is 2. The standard InChI is InChI=1S/C24H26N6O3S/c1-29-17(8-10-27-29)14-26-24(32)30-11-9-19-20(13-25)23(34-21(19)15-30)28-22(31)7-6-16-4-3-5-18(12-16)33-2/h3-5,8,10,12H,6-7,9,11,14-15H2,1-2H3,(H,26,32)(H,28,31). The number of nitrogens with zero attached hydrogens (tertiary/aromatic N) is 4. The molecule has 3 aromatic rings. The summed E-state index contributed by atoms with van der Waals surface area (Å²) in [6, 6.07) is 11.6. The van der Waals surface area contributed by atoms with Crippen LogP contribution >= 0.6 is 11.3 Å². The Labute approximate surface area is 201 Å². The Morgan fingerprint density at radius 2 is 2.18 bits per heavy atom. The SMILES string of the molecule is COc1cccc(CCC(=O)Nc2sc3c(c2C#N)CCN(C(=O)NCc2ccnn2C)C3)c1. The number of rotatable bonds is 7. The number of carbonyl (C=O) groups is 2. The van der Waals surface area contributed by atoms with Gasteiger partial charge >= 0.3 is 6.03 Å². The van der Waals surface area contributed by atoms with Crippen LogP contribution in [0.2, 0.25) is 0 Å². The van der Waals surface area contributed by atoms with Crippen molar-refractivity contribution in [2.75, 3.05) is 19.0 Å². The van der Waals surface area contributed by atoms with Crippen LogP contribution in [0.4, 0.5) is 9.80 Å². The summed E-state index contributed by atoms with van der Waals surface area (Å²) in [7, 11) is 3.44. The Balaban J connectivity index is 1.37. The summed E-state index contributed by atoms with van der Waals surface area (Å²) in [4.78, 5) is 27.9. The van der Waals surface area contributed by atoms with Crippen LogP contribution < -0.4 is 15.4 Å². The summed E-state index contributed by atoms with van der Waals surface area (Å²) in [5.41, 5.74) is 3.34. The molecule has 0 saturated heterocycles. The lowest BCUT2D eigenvalue weighted by Gasteiger charge is -2.27. The van der Waals surface area contributed by atoms with E-state index in [2.05, 4.69) is 21.8 Å². The smallest absolute Gasteiger partial charge is 0.318 e. The van der Waals surface area contributed by atoms with Crippen molar-refractivity contribution in [2.24, 2.45) is 7.05 Å². The van der Waals surface area contributed by atoms with Crippen LogP contribution in [0.25, 0.3) is 0 Å². The first-order valence-electron chi connectivity index (χ1n) is 11.0. The van der Waals surface area contributed by atoms with E-state index in [4.69, 9.17) is 4.74 Å². The molecule has 3 amide bonds. The van der Waals surface area contributed by atoms with Gasteiger partial charge in [-0.3, -0.25) is 9.48 Å². The summed E-state index contributed by atoms with van der Waals surface area (Å²) in [5, 5.41) is 20.2. The van der Waals surface area contributed by atoms with Crippen molar-refractivity contribution in [3.05, 3.63) is 63.8 Å². The molecule has 0 radical (unpaired) electrons.